The number of benzene rings is 1. The summed E-state index contributed by atoms with van der Waals surface area (Å²) >= 11 is 1.46. The third-order valence-corrected chi connectivity index (χ3v) is 3.49. The van der Waals surface area contributed by atoms with E-state index < -0.39 is 0 Å². The first kappa shape index (κ1) is 15.4. The predicted molar refractivity (Wildman–Crippen MR) is 76.2 cm³/mol. The lowest BCUT2D eigenvalue weighted by Crippen LogP contribution is -2.33. The number of amides is 1. The topological polar surface area (TPSA) is 53.3 Å². The Kier molecular flexibility index (Phi) is 6.83. The maximum atomic E-state index is 12.0. The molecule has 0 bridgehead atoms. The third kappa shape index (κ3) is 5.23. The third-order valence-electron chi connectivity index (χ3n) is 2.51. The molecule has 5 heteroatoms. The molecule has 0 unspecified atom stereocenters. The van der Waals surface area contributed by atoms with E-state index in [0.29, 0.717) is 12.3 Å². The molecular formula is C14H18N2O2S. The maximum Gasteiger partial charge on any atom is 0.233 e. The highest BCUT2D eigenvalue weighted by atomic mass is 32.2. The van der Waals surface area contributed by atoms with Crippen molar-refractivity contribution in [2.24, 2.45) is 0 Å². The van der Waals surface area contributed by atoms with Crippen LogP contribution in [0.25, 0.3) is 0 Å². The number of hydrogen-bond acceptors (Lipinski definition) is 4. The number of carbonyl (C=O) groups excluding carboxylic acids is 1. The fraction of sp³-hybridized carbons (Fsp3) is 0.429. The minimum absolute atomic E-state index is 0.00350. The fourth-order valence-electron chi connectivity index (χ4n) is 1.57. The molecule has 0 saturated heterocycles. The average Bonchev–Trinajstić information content (AvgIpc) is 2.44. The summed E-state index contributed by atoms with van der Waals surface area (Å²) in [7, 11) is 1.62. The van der Waals surface area contributed by atoms with Crippen LogP contribution < -0.4 is 4.74 Å². The van der Waals surface area contributed by atoms with Crippen molar-refractivity contribution in [3.05, 3.63) is 24.3 Å². The van der Waals surface area contributed by atoms with Gasteiger partial charge in [0.15, 0.2) is 0 Å². The van der Waals surface area contributed by atoms with Crippen molar-refractivity contribution in [1.29, 1.82) is 5.26 Å². The molecule has 1 rings (SSSR count). The molecule has 0 radical (unpaired) electrons. The van der Waals surface area contributed by atoms with Crippen LogP contribution in [0.15, 0.2) is 29.2 Å². The zero-order valence-corrected chi connectivity index (χ0v) is 12.1. The molecule has 0 aromatic heterocycles. The van der Waals surface area contributed by atoms with Gasteiger partial charge in [-0.1, -0.05) is 13.0 Å². The van der Waals surface area contributed by atoms with Gasteiger partial charge in [-0.2, -0.15) is 5.26 Å². The number of hydrogen-bond donors (Lipinski definition) is 0. The first-order valence-electron chi connectivity index (χ1n) is 6.12. The van der Waals surface area contributed by atoms with Crippen LogP contribution in [0.4, 0.5) is 0 Å². The summed E-state index contributed by atoms with van der Waals surface area (Å²) in [5, 5.41) is 8.70. The predicted octanol–water partition coefficient (Wildman–Crippen LogP) is 2.55. The SMILES string of the molecule is CCCN(CC#N)C(=O)CSc1cccc(OC)c1. The van der Waals surface area contributed by atoms with Gasteiger partial charge in [0, 0.05) is 11.4 Å². The van der Waals surface area contributed by atoms with Crippen molar-refractivity contribution >= 4 is 17.7 Å². The van der Waals surface area contributed by atoms with E-state index in [9.17, 15) is 4.79 Å². The molecule has 0 atom stereocenters. The molecule has 0 spiro atoms. The lowest BCUT2D eigenvalue weighted by atomic mass is 10.3. The van der Waals surface area contributed by atoms with Gasteiger partial charge < -0.3 is 9.64 Å². The van der Waals surface area contributed by atoms with Gasteiger partial charge in [-0.05, 0) is 24.6 Å². The van der Waals surface area contributed by atoms with Gasteiger partial charge in [0.25, 0.3) is 0 Å². The minimum Gasteiger partial charge on any atom is -0.497 e. The van der Waals surface area contributed by atoms with Crippen LogP contribution in [-0.2, 0) is 4.79 Å². The van der Waals surface area contributed by atoms with Crippen molar-refractivity contribution in [2.45, 2.75) is 18.2 Å². The molecule has 4 nitrogen and oxygen atoms in total. The van der Waals surface area contributed by atoms with Crippen LogP contribution in [0.5, 0.6) is 5.75 Å². The highest BCUT2D eigenvalue weighted by Gasteiger charge is 2.12. The molecule has 0 saturated carbocycles. The van der Waals surface area contributed by atoms with E-state index in [1.807, 2.05) is 37.3 Å². The molecule has 0 heterocycles. The number of thioether (sulfide) groups is 1. The molecule has 102 valence electrons. The number of carbonyl (C=O) groups is 1. The second-order valence-electron chi connectivity index (χ2n) is 3.94. The molecule has 0 aliphatic carbocycles. The van der Waals surface area contributed by atoms with E-state index in [-0.39, 0.29) is 12.5 Å². The molecule has 1 aromatic rings. The summed E-state index contributed by atoms with van der Waals surface area (Å²) in [5.41, 5.74) is 0. The Morgan fingerprint density at radius 1 is 1.53 bits per heavy atom. The van der Waals surface area contributed by atoms with Gasteiger partial charge in [-0.15, -0.1) is 11.8 Å². The van der Waals surface area contributed by atoms with E-state index >= 15 is 0 Å². The normalized spacial score (nSPS) is 9.74. The summed E-state index contributed by atoms with van der Waals surface area (Å²) in [6.45, 7) is 2.78. The number of rotatable bonds is 7. The average molecular weight is 278 g/mol. The van der Waals surface area contributed by atoms with E-state index in [0.717, 1.165) is 17.1 Å². The van der Waals surface area contributed by atoms with Gasteiger partial charge in [0.2, 0.25) is 5.91 Å². The van der Waals surface area contributed by atoms with Gasteiger partial charge in [-0.25, -0.2) is 0 Å². The van der Waals surface area contributed by atoms with Crippen molar-refractivity contribution < 1.29 is 9.53 Å². The Bertz CT molecular complexity index is 457. The molecule has 1 aromatic carbocycles. The Hall–Kier alpha value is -1.67. The summed E-state index contributed by atoms with van der Waals surface area (Å²) < 4.78 is 5.13. The van der Waals surface area contributed by atoms with Crippen molar-refractivity contribution in [3.8, 4) is 11.8 Å². The maximum absolute atomic E-state index is 12.0. The van der Waals surface area contributed by atoms with E-state index in [4.69, 9.17) is 10.00 Å². The smallest absolute Gasteiger partial charge is 0.233 e. The number of ether oxygens (including phenoxy) is 1. The van der Waals surface area contributed by atoms with Gasteiger partial charge >= 0.3 is 0 Å². The van der Waals surface area contributed by atoms with Gasteiger partial charge in [0.1, 0.15) is 12.3 Å². The Morgan fingerprint density at radius 3 is 2.95 bits per heavy atom. The molecule has 1 amide bonds. The van der Waals surface area contributed by atoms with E-state index in [2.05, 4.69) is 0 Å². The first-order valence-corrected chi connectivity index (χ1v) is 7.11. The van der Waals surface area contributed by atoms with Crippen LogP contribution in [0, 0.1) is 11.3 Å². The monoisotopic (exact) mass is 278 g/mol. The fourth-order valence-corrected chi connectivity index (χ4v) is 2.42. The van der Waals surface area contributed by atoms with Crippen molar-refractivity contribution in [2.75, 3.05) is 26.0 Å². The van der Waals surface area contributed by atoms with Gasteiger partial charge in [0.05, 0.1) is 18.9 Å². The first-order chi connectivity index (χ1) is 9.21. The second-order valence-corrected chi connectivity index (χ2v) is 4.99. The van der Waals surface area contributed by atoms with Gasteiger partial charge in [-0.3, -0.25) is 4.79 Å². The largest absolute Gasteiger partial charge is 0.497 e. The van der Waals surface area contributed by atoms with E-state index in [1.54, 1.807) is 12.0 Å². The molecule has 0 aliphatic heterocycles. The highest BCUT2D eigenvalue weighted by molar-refractivity contribution is 8.00. The Balaban J connectivity index is 2.54. The van der Waals surface area contributed by atoms with Crippen LogP contribution in [0.1, 0.15) is 13.3 Å². The summed E-state index contributed by atoms with van der Waals surface area (Å²) in [5.74, 6) is 1.12. The Morgan fingerprint density at radius 2 is 2.32 bits per heavy atom. The molecule has 0 aliphatic rings. The number of nitrogens with zero attached hydrogens (tertiary/aromatic N) is 2. The second kappa shape index (κ2) is 8.44. The van der Waals surface area contributed by atoms with Crippen LogP contribution in [0.2, 0.25) is 0 Å². The summed E-state index contributed by atoms with van der Waals surface area (Å²) in [6.07, 6.45) is 0.858. The molecule has 0 N–H and O–H groups in total. The van der Waals surface area contributed by atoms with Crippen molar-refractivity contribution in [3.63, 3.8) is 0 Å². The zero-order chi connectivity index (χ0) is 14.1. The highest BCUT2D eigenvalue weighted by Crippen LogP contribution is 2.22. The van der Waals surface area contributed by atoms with Crippen molar-refractivity contribution in [1.82, 2.24) is 4.90 Å². The summed E-state index contributed by atoms with van der Waals surface area (Å²) in [6, 6.07) is 9.62. The van der Waals surface area contributed by atoms with E-state index in [1.165, 1.54) is 11.8 Å². The van der Waals surface area contributed by atoms with Crippen LogP contribution in [-0.4, -0.2) is 36.8 Å². The number of nitriles is 1. The molecular weight excluding hydrogens is 260 g/mol. The van der Waals surface area contributed by atoms with Crippen LogP contribution >= 0.6 is 11.8 Å². The molecule has 19 heavy (non-hydrogen) atoms. The number of methoxy groups -OCH3 is 1. The summed E-state index contributed by atoms with van der Waals surface area (Å²) in [4.78, 5) is 14.6. The lowest BCUT2D eigenvalue weighted by molar-refractivity contribution is -0.127. The Labute approximate surface area is 118 Å². The molecule has 0 fully saturated rings. The standard InChI is InChI=1S/C14H18N2O2S/c1-3-8-16(9-7-15)14(17)11-19-13-6-4-5-12(10-13)18-2/h4-6,10H,3,8-9,11H2,1-2H3. The lowest BCUT2D eigenvalue weighted by Gasteiger charge is -2.18. The minimum atomic E-state index is -0.00350. The zero-order valence-electron chi connectivity index (χ0n) is 11.3. The quantitative estimate of drug-likeness (QED) is 0.568. The van der Waals surface area contributed by atoms with Crippen LogP contribution in [0.3, 0.4) is 0 Å².